The molecule has 1 unspecified atom stereocenters. The molecular formula is C24H28N2O3S. The molecule has 2 heterocycles. The van der Waals surface area contributed by atoms with Crippen molar-refractivity contribution >= 4 is 23.2 Å². The summed E-state index contributed by atoms with van der Waals surface area (Å²) in [6, 6.07) is 15.9. The van der Waals surface area contributed by atoms with E-state index in [9.17, 15) is 9.59 Å². The summed E-state index contributed by atoms with van der Waals surface area (Å²) in [6.45, 7) is 7.29. The van der Waals surface area contributed by atoms with Crippen LogP contribution in [0.4, 0.5) is 0 Å². The summed E-state index contributed by atoms with van der Waals surface area (Å²) in [5, 5.41) is 2.06. The zero-order chi connectivity index (χ0) is 21.7. The molecule has 0 aliphatic rings. The first-order valence-electron chi connectivity index (χ1n) is 10.0. The summed E-state index contributed by atoms with van der Waals surface area (Å²) in [5.41, 5.74) is 3.69. The molecule has 3 aromatic rings. The molecule has 158 valence electrons. The zero-order valence-electron chi connectivity index (χ0n) is 17.9. The number of esters is 1. The predicted octanol–water partition coefficient (Wildman–Crippen LogP) is 4.67. The van der Waals surface area contributed by atoms with Crippen LogP contribution in [0.3, 0.4) is 0 Å². The number of nitrogens with zero attached hydrogens (tertiary/aromatic N) is 2. The number of carbonyl (C=O) groups excluding carboxylic acids is 2. The van der Waals surface area contributed by atoms with Gasteiger partial charge in [-0.1, -0.05) is 43.3 Å². The Bertz CT molecular complexity index is 993. The molecular weight excluding hydrogens is 396 g/mol. The summed E-state index contributed by atoms with van der Waals surface area (Å²) < 4.78 is 7.04. The SMILES string of the molecule is COC(=O)C(C)CN(Cc1ccccc1)C(=O)c1cc(C)n(Cc2cccs2)c1C. The van der Waals surface area contributed by atoms with Crippen molar-refractivity contribution in [1.29, 1.82) is 0 Å². The molecule has 1 aromatic carbocycles. The Balaban J connectivity index is 1.89. The summed E-state index contributed by atoms with van der Waals surface area (Å²) in [5.74, 6) is -0.790. The molecule has 0 fully saturated rings. The number of carbonyl (C=O) groups is 2. The third-order valence-electron chi connectivity index (χ3n) is 5.30. The maximum absolute atomic E-state index is 13.5. The smallest absolute Gasteiger partial charge is 0.310 e. The van der Waals surface area contributed by atoms with E-state index in [0.29, 0.717) is 18.7 Å². The maximum atomic E-state index is 13.5. The number of hydrogen-bond donors (Lipinski definition) is 0. The molecule has 6 heteroatoms. The molecule has 1 atom stereocenters. The summed E-state index contributed by atoms with van der Waals surface area (Å²) >= 11 is 1.71. The second-order valence-electron chi connectivity index (χ2n) is 7.55. The van der Waals surface area contributed by atoms with Gasteiger partial charge in [0.1, 0.15) is 0 Å². The third-order valence-corrected chi connectivity index (χ3v) is 6.16. The molecule has 0 aliphatic heterocycles. The summed E-state index contributed by atoms with van der Waals surface area (Å²) in [4.78, 5) is 28.5. The van der Waals surface area contributed by atoms with Gasteiger partial charge in [-0.05, 0) is 36.9 Å². The highest BCUT2D eigenvalue weighted by Gasteiger charge is 2.25. The number of aromatic nitrogens is 1. The number of amides is 1. The van der Waals surface area contributed by atoms with Crippen molar-refractivity contribution in [2.75, 3.05) is 13.7 Å². The van der Waals surface area contributed by atoms with Crippen molar-refractivity contribution in [3.8, 4) is 0 Å². The lowest BCUT2D eigenvalue weighted by Gasteiger charge is -2.25. The molecule has 1 amide bonds. The Hall–Kier alpha value is -2.86. The van der Waals surface area contributed by atoms with Crippen molar-refractivity contribution in [1.82, 2.24) is 9.47 Å². The molecule has 0 radical (unpaired) electrons. The van der Waals surface area contributed by atoms with Crippen molar-refractivity contribution in [3.63, 3.8) is 0 Å². The average Bonchev–Trinajstić information content (AvgIpc) is 3.36. The van der Waals surface area contributed by atoms with E-state index in [1.54, 1.807) is 23.2 Å². The van der Waals surface area contributed by atoms with Crippen LogP contribution in [-0.2, 0) is 22.6 Å². The van der Waals surface area contributed by atoms with Crippen molar-refractivity contribution in [2.24, 2.45) is 5.92 Å². The lowest BCUT2D eigenvalue weighted by molar-refractivity contribution is -0.145. The highest BCUT2D eigenvalue weighted by molar-refractivity contribution is 7.09. The maximum Gasteiger partial charge on any atom is 0.310 e. The van der Waals surface area contributed by atoms with E-state index in [4.69, 9.17) is 4.74 Å². The number of aryl methyl sites for hydroxylation is 1. The minimum atomic E-state index is -0.405. The second kappa shape index (κ2) is 9.76. The summed E-state index contributed by atoms with van der Waals surface area (Å²) in [7, 11) is 1.38. The van der Waals surface area contributed by atoms with E-state index in [1.807, 2.05) is 56.3 Å². The average molecular weight is 425 g/mol. The summed E-state index contributed by atoms with van der Waals surface area (Å²) in [6.07, 6.45) is 0. The van der Waals surface area contributed by atoms with E-state index in [0.717, 1.165) is 23.5 Å². The molecule has 0 aliphatic carbocycles. The van der Waals surface area contributed by atoms with Gasteiger partial charge in [-0.25, -0.2) is 0 Å². The Labute approximate surface area is 181 Å². The van der Waals surface area contributed by atoms with Gasteiger partial charge in [0.15, 0.2) is 0 Å². The van der Waals surface area contributed by atoms with Crippen LogP contribution in [0.15, 0.2) is 53.9 Å². The number of ether oxygens (including phenoxy) is 1. The van der Waals surface area contributed by atoms with Gasteiger partial charge in [0.25, 0.3) is 5.91 Å². The van der Waals surface area contributed by atoms with Crippen LogP contribution in [0, 0.1) is 19.8 Å². The predicted molar refractivity (Wildman–Crippen MR) is 120 cm³/mol. The highest BCUT2D eigenvalue weighted by atomic mass is 32.1. The lowest BCUT2D eigenvalue weighted by atomic mass is 10.1. The fourth-order valence-electron chi connectivity index (χ4n) is 3.62. The number of benzene rings is 1. The van der Waals surface area contributed by atoms with Gasteiger partial charge in [0.2, 0.25) is 0 Å². The van der Waals surface area contributed by atoms with Gasteiger partial charge in [-0.15, -0.1) is 11.3 Å². The molecule has 0 saturated carbocycles. The third kappa shape index (κ3) is 5.00. The number of rotatable bonds is 8. The van der Waals surface area contributed by atoms with Crippen LogP contribution in [0.2, 0.25) is 0 Å². The Morgan fingerprint density at radius 2 is 1.87 bits per heavy atom. The molecule has 3 rings (SSSR count). The Kier molecular flexibility index (Phi) is 7.11. The second-order valence-corrected chi connectivity index (χ2v) is 8.58. The standard InChI is InChI=1S/C24H28N2O3S/c1-17(24(28)29-4)14-25(15-20-9-6-5-7-10-20)23(27)22-13-18(2)26(19(22)3)16-21-11-8-12-30-21/h5-13,17H,14-16H2,1-4H3. The Morgan fingerprint density at radius 1 is 1.13 bits per heavy atom. The number of methoxy groups -OCH3 is 1. The van der Waals surface area contributed by atoms with Crippen LogP contribution in [0.5, 0.6) is 0 Å². The number of hydrogen-bond acceptors (Lipinski definition) is 4. The monoisotopic (exact) mass is 424 g/mol. The van der Waals surface area contributed by atoms with E-state index >= 15 is 0 Å². The van der Waals surface area contributed by atoms with E-state index < -0.39 is 5.92 Å². The van der Waals surface area contributed by atoms with Crippen LogP contribution < -0.4 is 0 Å². The van der Waals surface area contributed by atoms with Crippen LogP contribution >= 0.6 is 11.3 Å². The normalized spacial score (nSPS) is 11.9. The zero-order valence-corrected chi connectivity index (χ0v) is 18.7. The molecule has 2 aromatic heterocycles. The highest BCUT2D eigenvalue weighted by Crippen LogP contribution is 2.22. The van der Waals surface area contributed by atoms with Gasteiger partial charge >= 0.3 is 5.97 Å². The molecule has 5 nitrogen and oxygen atoms in total. The molecule has 30 heavy (non-hydrogen) atoms. The van der Waals surface area contributed by atoms with E-state index in [2.05, 4.69) is 16.0 Å². The van der Waals surface area contributed by atoms with Crippen LogP contribution in [0.1, 0.15) is 39.1 Å². The number of thiophene rings is 1. The molecule has 0 N–H and O–H groups in total. The van der Waals surface area contributed by atoms with Crippen LogP contribution in [-0.4, -0.2) is 35.0 Å². The molecule has 0 spiro atoms. The Morgan fingerprint density at radius 3 is 2.50 bits per heavy atom. The fourth-order valence-corrected chi connectivity index (χ4v) is 4.31. The molecule has 0 saturated heterocycles. The fraction of sp³-hybridized carbons (Fsp3) is 0.333. The lowest BCUT2D eigenvalue weighted by Crippen LogP contribution is -2.37. The van der Waals surface area contributed by atoms with Gasteiger partial charge in [0.05, 0.1) is 25.1 Å². The van der Waals surface area contributed by atoms with Crippen molar-refractivity contribution in [3.05, 3.63) is 81.3 Å². The first kappa shape index (κ1) is 21.8. The van der Waals surface area contributed by atoms with Gasteiger partial charge in [-0.2, -0.15) is 0 Å². The first-order valence-corrected chi connectivity index (χ1v) is 10.9. The first-order chi connectivity index (χ1) is 14.4. The van der Waals surface area contributed by atoms with Gasteiger partial charge in [0, 0.05) is 29.4 Å². The largest absolute Gasteiger partial charge is 0.469 e. The minimum Gasteiger partial charge on any atom is -0.469 e. The molecule has 0 bridgehead atoms. The topological polar surface area (TPSA) is 51.5 Å². The van der Waals surface area contributed by atoms with E-state index in [-0.39, 0.29) is 11.9 Å². The van der Waals surface area contributed by atoms with E-state index in [1.165, 1.54) is 12.0 Å². The van der Waals surface area contributed by atoms with Crippen LogP contribution in [0.25, 0.3) is 0 Å². The van der Waals surface area contributed by atoms with Gasteiger partial charge < -0.3 is 14.2 Å². The van der Waals surface area contributed by atoms with Crippen molar-refractivity contribution < 1.29 is 14.3 Å². The van der Waals surface area contributed by atoms with Crippen molar-refractivity contribution in [2.45, 2.75) is 33.9 Å². The minimum absolute atomic E-state index is 0.0693. The quantitative estimate of drug-likeness (QED) is 0.494. The van der Waals surface area contributed by atoms with Gasteiger partial charge in [-0.3, -0.25) is 9.59 Å².